The summed E-state index contributed by atoms with van der Waals surface area (Å²) in [6.45, 7) is 0. The van der Waals surface area contributed by atoms with Crippen molar-refractivity contribution in [3.63, 3.8) is 0 Å². The Morgan fingerprint density at radius 1 is 1.42 bits per heavy atom. The minimum atomic E-state index is -0.271. The Balaban J connectivity index is 1.70. The Labute approximate surface area is 109 Å². The maximum Gasteiger partial charge on any atom is 0.268 e. The van der Waals surface area contributed by atoms with Crippen LogP contribution in [0.4, 0.5) is 0 Å². The van der Waals surface area contributed by atoms with Crippen molar-refractivity contribution in [3.05, 3.63) is 51.7 Å². The third-order valence-electron chi connectivity index (χ3n) is 3.37. The standard InChI is InChI=1S/C13H14N4O2/c18-12-3-1-2-10(16-12)13(19)15-9-5-4-8-7-14-17-11(8)6-9/h1-3,7,9H,4-6H2,(H,14,17)(H,15,19)(H,16,18)/t9-/m0/s1. The van der Waals surface area contributed by atoms with Gasteiger partial charge in [-0.15, -0.1) is 0 Å². The lowest BCUT2D eigenvalue weighted by Gasteiger charge is -2.22. The van der Waals surface area contributed by atoms with Crippen molar-refractivity contribution in [1.82, 2.24) is 20.5 Å². The highest BCUT2D eigenvalue weighted by Crippen LogP contribution is 2.18. The van der Waals surface area contributed by atoms with Crippen LogP contribution >= 0.6 is 0 Å². The molecule has 0 saturated heterocycles. The number of nitrogens with zero attached hydrogens (tertiary/aromatic N) is 1. The Morgan fingerprint density at radius 2 is 2.32 bits per heavy atom. The number of hydrogen-bond acceptors (Lipinski definition) is 3. The molecule has 0 aromatic carbocycles. The smallest absolute Gasteiger partial charge is 0.268 e. The van der Waals surface area contributed by atoms with Gasteiger partial charge in [-0.2, -0.15) is 5.10 Å². The molecule has 19 heavy (non-hydrogen) atoms. The molecule has 0 saturated carbocycles. The minimum absolute atomic E-state index is 0.0733. The molecule has 6 heteroatoms. The summed E-state index contributed by atoms with van der Waals surface area (Å²) in [6, 6.07) is 4.63. The van der Waals surface area contributed by atoms with E-state index in [0.29, 0.717) is 5.69 Å². The molecule has 2 heterocycles. The summed E-state index contributed by atoms with van der Waals surface area (Å²) >= 11 is 0. The first-order chi connectivity index (χ1) is 9.22. The maximum atomic E-state index is 12.0. The van der Waals surface area contributed by atoms with Gasteiger partial charge >= 0.3 is 0 Å². The van der Waals surface area contributed by atoms with Crippen LogP contribution in [0.1, 0.15) is 28.2 Å². The molecule has 98 valence electrons. The van der Waals surface area contributed by atoms with Crippen LogP contribution in [-0.4, -0.2) is 27.1 Å². The predicted octanol–water partition coefficient (Wildman–Crippen LogP) is 0.385. The van der Waals surface area contributed by atoms with E-state index in [2.05, 4.69) is 20.5 Å². The number of aromatic nitrogens is 3. The molecule has 1 aliphatic rings. The number of aryl methyl sites for hydroxylation is 1. The number of pyridine rings is 1. The summed E-state index contributed by atoms with van der Waals surface area (Å²) in [7, 11) is 0. The predicted molar refractivity (Wildman–Crippen MR) is 68.9 cm³/mol. The van der Waals surface area contributed by atoms with Crippen LogP contribution in [0.5, 0.6) is 0 Å². The lowest BCUT2D eigenvalue weighted by Crippen LogP contribution is -2.39. The van der Waals surface area contributed by atoms with E-state index in [1.54, 1.807) is 12.1 Å². The molecule has 1 amide bonds. The zero-order chi connectivity index (χ0) is 13.2. The van der Waals surface area contributed by atoms with Gasteiger partial charge in [0.1, 0.15) is 5.69 Å². The van der Waals surface area contributed by atoms with E-state index >= 15 is 0 Å². The van der Waals surface area contributed by atoms with Crippen LogP contribution in [0.3, 0.4) is 0 Å². The summed E-state index contributed by atoms with van der Waals surface area (Å²) in [5.41, 5.74) is 2.33. The van der Waals surface area contributed by atoms with Crippen LogP contribution in [0.2, 0.25) is 0 Å². The van der Waals surface area contributed by atoms with Crippen molar-refractivity contribution in [2.75, 3.05) is 0 Å². The molecule has 0 bridgehead atoms. The third kappa shape index (κ3) is 2.42. The number of H-pyrrole nitrogens is 2. The van der Waals surface area contributed by atoms with Crippen LogP contribution in [-0.2, 0) is 12.8 Å². The summed E-state index contributed by atoms with van der Waals surface area (Å²) < 4.78 is 0. The van der Waals surface area contributed by atoms with Gasteiger partial charge in [-0.25, -0.2) is 0 Å². The first-order valence-corrected chi connectivity index (χ1v) is 6.24. The quantitative estimate of drug-likeness (QED) is 0.727. The molecule has 0 aliphatic heterocycles. The summed E-state index contributed by atoms with van der Waals surface area (Å²) in [4.78, 5) is 25.7. The molecule has 0 unspecified atom stereocenters. The van der Waals surface area contributed by atoms with Gasteiger partial charge in [-0.3, -0.25) is 14.7 Å². The van der Waals surface area contributed by atoms with E-state index in [9.17, 15) is 9.59 Å². The topological polar surface area (TPSA) is 90.6 Å². The number of hydrogen-bond donors (Lipinski definition) is 3. The van der Waals surface area contributed by atoms with Crippen LogP contribution in [0.25, 0.3) is 0 Å². The van der Waals surface area contributed by atoms with Gasteiger partial charge in [-0.1, -0.05) is 6.07 Å². The second kappa shape index (κ2) is 4.72. The molecule has 0 fully saturated rings. The van der Waals surface area contributed by atoms with E-state index in [1.807, 2.05) is 6.20 Å². The van der Waals surface area contributed by atoms with Gasteiger partial charge < -0.3 is 10.3 Å². The zero-order valence-corrected chi connectivity index (χ0v) is 10.3. The Morgan fingerprint density at radius 3 is 3.16 bits per heavy atom. The zero-order valence-electron chi connectivity index (χ0n) is 10.3. The van der Waals surface area contributed by atoms with Crippen molar-refractivity contribution in [2.45, 2.75) is 25.3 Å². The van der Waals surface area contributed by atoms with Gasteiger partial charge in [0.05, 0.1) is 6.20 Å². The average molecular weight is 258 g/mol. The Bertz CT molecular complexity index is 658. The van der Waals surface area contributed by atoms with E-state index in [4.69, 9.17) is 0 Å². The molecule has 3 rings (SSSR count). The van der Waals surface area contributed by atoms with E-state index < -0.39 is 0 Å². The fraction of sp³-hybridized carbons (Fsp3) is 0.308. The highest BCUT2D eigenvalue weighted by atomic mass is 16.2. The number of nitrogens with one attached hydrogen (secondary N) is 3. The first kappa shape index (κ1) is 11.7. The highest BCUT2D eigenvalue weighted by molar-refractivity contribution is 5.92. The van der Waals surface area contributed by atoms with Crippen molar-refractivity contribution in [3.8, 4) is 0 Å². The largest absolute Gasteiger partial charge is 0.348 e. The van der Waals surface area contributed by atoms with Crippen molar-refractivity contribution in [2.24, 2.45) is 0 Å². The van der Waals surface area contributed by atoms with Gasteiger partial charge in [-0.05, 0) is 24.5 Å². The fourth-order valence-corrected chi connectivity index (χ4v) is 2.37. The lowest BCUT2D eigenvalue weighted by molar-refractivity contribution is 0.0928. The normalized spacial score (nSPS) is 17.8. The van der Waals surface area contributed by atoms with Crippen molar-refractivity contribution >= 4 is 5.91 Å². The summed E-state index contributed by atoms with van der Waals surface area (Å²) in [6.07, 6.45) is 4.37. The van der Waals surface area contributed by atoms with E-state index in [1.165, 1.54) is 11.6 Å². The molecule has 0 radical (unpaired) electrons. The van der Waals surface area contributed by atoms with Gasteiger partial charge in [0, 0.05) is 24.2 Å². The van der Waals surface area contributed by atoms with Crippen molar-refractivity contribution < 1.29 is 4.79 Å². The molecule has 3 N–H and O–H groups in total. The highest BCUT2D eigenvalue weighted by Gasteiger charge is 2.22. The molecule has 1 aliphatic carbocycles. The molecular formula is C13H14N4O2. The Kier molecular flexibility index (Phi) is 2.91. The number of aromatic amines is 2. The van der Waals surface area contributed by atoms with Gasteiger partial charge in [0.15, 0.2) is 0 Å². The molecular weight excluding hydrogens is 244 g/mol. The summed E-state index contributed by atoms with van der Waals surface area (Å²) in [5, 5.41) is 9.89. The molecule has 2 aromatic heterocycles. The van der Waals surface area contributed by atoms with Gasteiger partial charge in [0.25, 0.3) is 5.91 Å². The van der Waals surface area contributed by atoms with E-state index in [-0.39, 0.29) is 17.5 Å². The SMILES string of the molecule is O=C(N[C@H]1CCc2cn[nH]c2C1)c1cccc(=O)[nH]1. The van der Waals surface area contributed by atoms with Crippen LogP contribution in [0, 0.1) is 0 Å². The van der Waals surface area contributed by atoms with Crippen LogP contribution < -0.4 is 10.9 Å². The molecule has 1 atom stereocenters. The maximum absolute atomic E-state index is 12.0. The molecule has 6 nitrogen and oxygen atoms in total. The van der Waals surface area contributed by atoms with Gasteiger partial charge in [0.2, 0.25) is 5.56 Å². The summed E-state index contributed by atoms with van der Waals surface area (Å²) in [5.74, 6) is -0.245. The van der Waals surface area contributed by atoms with E-state index in [0.717, 1.165) is 25.0 Å². The number of fused-ring (bicyclic) bond motifs is 1. The number of carbonyl (C=O) groups is 1. The average Bonchev–Trinajstić information content (AvgIpc) is 2.86. The number of rotatable bonds is 2. The first-order valence-electron chi connectivity index (χ1n) is 6.24. The number of amides is 1. The Hall–Kier alpha value is -2.37. The van der Waals surface area contributed by atoms with Crippen LogP contribution in [0.15, 0.2) is 29.2 Å². The molecule has 2 aromatic rings. The number of carbonyl (C=O) groups excluding carboxylic acids is 1. The lowest BCUT2D eigenvalue weighted by atomic mass is 9.94. The monoisotopic (exact) mass is 258 g/mol. The fourth-order valence-electron chi connectivity index (χ4n) is 2.37. The second-order valence-corrected chi connectivity index (χ2v) is 4.72. The third-order valence-corrected chi connectivity index (χ3v) is 3.37. The minimum Gasteiger partial charge on any atom is -0.348 e. The van der Waals surface area contributed by atoms with Crippen molar-refractivity contribution in [1.29, 1.82) is 0 Å². The molecule has 0 spiro atoms. The second-order valence-electron chi connectivity index (χ2n) is 4.72.